The molecule has 2 heterocycles. The fraction of sp³-hybridized carbons (Fsp3) is 0.0588. The van der Waals surface area contributed by atoms with Crippen molar-refractivity contribution in [3.63, 3.8) is 0 Å². The van der Waals surface area contributed by atoms with Crippen LogP contribution in [-0.2, 0) is 4.74 Å². The van der Waals surface area contributed by atoms with Crippen molar-refractivity contribution in [3.8, 4) is 10.9 Å². The molecule has 0 fully saturated rings. The van der Waals surface area contributed by atoms with Crippen LogP contribution in [0.3, 0.4) is 0 Å². The quantitative estimate of drug-likeness (QED) is 0.569. The van der Waals surface area contributed by atoms with E-state index in [9.17, 15) is 4.79 Å². The standard InChI is InChI=1S/C17H12N2O3S/c1-21-16(20)14-8-10-6-7-11(9-13(10)18-14)22-17-19-12-4-2-3-5-15(12)23-17/h2-9,18H,1H3. The van der Waals surface area contributed by atoms with Gasteiger partial charge in [-0.3, -0.25) is 0 Å². The maximum absolute atomic E-state index is 11.6. The van der Waals surface area contributed by atoms with Gasteiger partial charge in [0.15, 0.2) is 0 Å². The molecule has 114 valence electrons. The summed E-state index contributed by atoms with van der Waals surface area (Å²) >= 11 is 1.49. The van der Waals surface area contributed by atoms with Gasteiger partial charge in [0.05, 0.1) is 17.3 Å². The minimum Gasteiger partial charge on any atom is -0.464 e. The Balaban J connectivity index is 1.67. The molecular formula is C17H12N2O3S. The lowest BCUT2D eigenvalue weighted by Crippen LogP contribution is -2.00. The number of fused-ring (bicyclic) bond motifs is 2. The number of thiazole rings is 1. The predicted molar refractivity (Wildman–Crippen MR) is 89.3 cm³/mol. The second-order valence-electron chi connectivity index (χ2n) is 4.97. The van der Waals surface area contributed by atoms with Crippen LogP contribution in [0.15, 0.2) is 48.5 Å². The highest BCUT2D eigenvalue weighted by atomic mass is 32.1. The van der Waals surface area contributed by atoms with Crippen molar-refractivity contribution in [1.29, 1.82) is 0 Å². The number of nitrogens with one attached hydrogen (secondary N) is 1. The molecule has 23 heavy (non-hydrogen) atoms. The number of carbonyl (C=O) groups excluding carboxylic acids is 1. The Morgan fingerprint density at radius 3 is 2.87 bits per heavy atom. The molecule has 2 aromatic heterocycles. The van der Waals surface area contributed by atoms with E-state index in [0.717, 1.165) is 21.1 Å². The van der Waals surface area contributed by atoms with Gasteiger partial charge in [0.2, 0.25) is 0 Å². The summed E-state index contributed by atoms with van der Waals surface area (Å²) in [7, 11) is 1.36. The van der Waals surface area contributed by atoms with Crippen LogP contribution in [0.25, 0.3) is 21.1 Å². The first-order valence-electron chi connectivity index (χ1n) is 6.97. The Kier molecular flexibility index (Phi) is 3.24. The summed E-state index contributed by atoms with van der Waals surface area (Å²) in [6.07, 6.45) is 0. The van der Waals surface area contributed by atoms with Crippen LogP contribution in [0.1, 0.15) is 10.5 Å². The Labute approximate surface area is 135 Å². The predicted octanol–water partition coefficient (Wildman–Crippen LogP) is 4.36. The highest BCUT2D eigenvalue weighted by Gasteiger charge is 2.11. The van der Waals surface area contributed by atoms with Gasteiger partial charge in [-0.1, -0.05) is 23.5 Å². The normalized spacial score (nSPS) is 11.0. The van der Waals surface area contributed by atoms with E-state index in [1.165, 1.54) is 18.4 Å². The van der Waals surface area contributed by atoms with E-state index >= 15 is 0 Å². The average molecular weight is 324 g/mol. The third-order valence-electron chi connectivity index (χ3n) is 3.48. The van der Waals surface area contributed by atoms with Crippen LogP contribution in [0.5, 0.6) is 10.9 Å². The van der Waals surface area contributed by atoms with Gasteiger partial charge in [0, 0.05) is 17.0 Å². The van der Waals surface area contributed by atoms with E-state index in [1.54, 1.807) is 6.07 Å². The average Bonchev–Trinajstić information content (AvgIpc) is 3.16. The Morgan fingerprint density at radius 2 is 2.04 bits per heavy atom. The molecule has 5 nitrogen and oxygen atoms in total. The highest BCUT2D eigenvalue weighted by Crippen LogP contribution is 2.32. The van der Waals surface area contributed by atoms with Crippen molar-refractivity contribution in [2.24, 2.45) is 0 Å². The summed E-state index contributed by atoms with van der Waals surface area (Å²) < 4.78 is 11.6. The topological polar surface area (TPSA) is 64.2 Å². The summed E-state index contributed by atoms with van der Waals surface area (Å²) in [5.74, 6) is 0.268. The van der Waals surface area contributed by atoms with Crippen LogP contribution in [0, 0.1) is 0 Å². The fourth-order valence-corrected chi connectivity index (χ4v) is 3.22. The summed E-state index contributed by atoms with van der Waals surface area (Å²) in [4.78, 5) is 19.0. The molecule has 0 radical (unpaired) electrons. The van der Waals surface area contributed by atoms with E-state index < -0.39 is 5.97 Å². The van der Waals surface area contributed by atoms with Crippen LogP contribution in [-0.4, -0.2) is 23.0 Å². The highest BCUT2D eigenvalue weighted by molar-refractivity contribution is 7.20. The molecule has 0 bridgehead atoms. The smallest absolute Gasteiger partial charge is 0.354 e. The number of para-hydroxylation sites is 1. The first-order valence-corrected chi connectivity index (χ1v) is 7.79. The molecule has 0 aliphatic rings. The molecule has 4 aromatic rings. The van der Waals surface area contributed by atoms with Crippen LogP contribution in [0.2, 0.25) is 0 Å². The van der Waals surface area contributed by atoms with Crippen LogP contribution >= 0.6 is 11.3 Å². The minimum atomic E-state index is -0.394. The largest absolute Gasteiger partial charge is 0.464 e. The molecule has 0 spiro atoms. The summed E-state index contributed by atoms with van der Waals surface area (Å²) in [6, 6.07) is 15.2. The lowest BCUT2D eigenvalue weighted by molar-refractivity contribution is 0.0595. The van der Waals surface area contributed by atoms with Gasteiger partial charge in [-0.05, 0) is 30.3 Å². The van der Waals surface area contributed by atoms with Crippen molar-refractivity contribution < 1.29 is 14.3 Å². The Hall–Kier alpha value is -2.86. The molecule has 0 aliphatic heterocycles. The molecule has 2 aromatic carbocycles. The number of aromatic nitrogens is 2. The number of H-pyrrole nitrogens is 1. The number of nitrogens with zero attached hydrogens (tertiary/aromatic N) is 1. The number of rotatable bonds is 3. The van der Waals surface area contributed by atoms with Crippen molar-refractivity contribution >= 4 is 38.4 Å². The van der Waals surface area contributed by atoms with E-state index in [0.29, 0.717) is 16.6 Å². The Bertz CT molecular complexity index is 986. The van der Waals surface area contributed by atoms with E-state index in [1.807, 2.05) is 42.5 Å². The van der Waals surface area contributed by atoms with Gasteiger partial charge in [-0.15, -0.1) is 0 Å². The minimum absolute atomic E-state index is 0.394. The number of esters is 1. The van der Waals surface area contributed by atoms with E-state index in [-0.39, 0.29) is 0 Å². The third-order valence-corrected chi connectivity index (χ3v) is 4.39. The summed E-state index contributed by atoms with van der Waals surface area (Å²) in [5, 5.41) is 1.51. The second-order valence-corrected chi connectivity index (χ2v) is 5.97. The fourth-order valence-electron chi connectivity index (χ4n) is 2.39. The molecule has 0 atom stereocenters. The maximum atomic E-state index is 11.6. The first-order chi connectivity index (χ1) is 11.2. The lowest BCUT2D eigenvalue weighted by atomic mass is 10.2. The second kappa shape index (κ2) is 5.40. The number of benzene rings is 2. The number of aromatic amines is 1. The zero-order valence-electron chi connectivity index (χ0n) is 12.2. The van der Waals surface area contributed by atoms with Gasteiger partial charge in [0.25, 0.3) is 5.19 Å². The molecule has 0 saturated carbocycles. The van der Waals surface area contributed by atoms with E-state index in [4.69, 9.17) is 9.47 Å². The van der Waals surface area contributed by atoms with Crippen LogP contribution in [0.4, 0.5) is 0 Å². The molecule has 0 unspecified atom stereocenters. The molecule has 0 saturated heterocycles. The zero-order chi connectivity index (χ0) is 15.8. The van der Waals surface area contributed by atoms with Crippen molar-refractivity contribution in [3.05, 3.63) is 54.2 Å². The van der Waals surface area contributed by atoms with Crippen molar-refractivity contribution in [2.75, 3.05) is 7.11 Å². The monoisotopic (exact) mass is 324 g/mol. The lowest BCUT2D eigenvalue weighted by Gasteiger charge is -2.01. The molecular weight excluding hydrogens is 312 g/mol. The van der Waals surface area contributed by atoms with Gasteiger partial charge in [-0.2, -0.15) is 0 Å². The molecule has 6 heteroatoms. The van der Waals surface area contributed by atoms with E-state index in [2.05, 4.69) is 9.97 Å². The SMILES string of the molecule is COC(=O)c1cc2ccc(Oc3nc4ccccc4s3)cc2[nH]1. The van der Waals surface area contributed by atoms with Crippen LogP contribution < -0.4 is 4.74 Å². The third kappa shape index (κ3) is 2.53. The number of methoxy groups -OCH3 is 1. The van der Waals surface area contributed by atoms with Gasteiger partial charge < -0.3 is 14.5 Å². The Morgan fingerprint density at radius 1 is 1.17 bits per heavy atom. The van der Waals surface area contributed by atoms with Gasteiger partial charge >= 0.3 is 5.97 Å². The maximum Gasteiger partial charge on any atom is 0.354 e. The van der Waals surface area contributed by atoms with Gasteiger partial charge in [-0.25, -0.2) is 9.78 Å². The van der Waals surface area contributed by atoms with Crippen molar-refractivity contribution in [2.45, 2.75) is 0 Å². The first kappa shape index (κ1) is 13.8. The number of carbonyl (C=O) groups is 1. The molecule has 0 amide bonds. The van der Waals surface area contributed by atoms with Crippen molar-refractivity contribution in [1.82, 2.24) is 9.97 Å². The summed E-state index contributed by atoms with van der Waals surface area (Å²) in [5.41, 5.74) is 2.14. The molecule has 4 rings (SSSR count). The summed E-state index contributed by atoms with van der Waals surface area (Å²) in [6.45, 7) is 0. The number of hydrogen-bond donors (Lipinski definition) is 1. The molecule has 0 aliphatic carbocycles. The van der Waals surface area contributed by atoms with Gasteiger partial charge in [0.1, 0.15) is 11.4 Å². The molecule has 1 N–H and O–H groups in total. The number of ether oxygens (including phenoxy) is 2. The number of hydrogen-bond acceptors (Lipinski definition) is 5. The zero-order valence-corrected chi connectivity index (χ0v) is 13.0.